The van der Waals surface area contributed by atoms with Crippen LogP contribution in [0.5, 0.6) is 5.75 Å². The van der Waals surface area contributed by atoms with Crippen LogP contribution in [0.25, 0.3) is 32.8 Å². The molecule has 0 N–H and O–H groups in total. The van der Waals surface area contributed by atoms with Gasteiger partial charge in [0.2, 0.25) is 0 Å². The molecular formula is C37H41N3O4. The quantitative estimate of drug-likeness (QED) is 0.0746. The molecule has 0 aliphatic carbocycles. The molecule has 0 unspecified atom stereocenters. The van der Waals surface area contributed by atoms with Gasteiger partial charge in [0, 0.05) is 35.5 Å². The second-order valence-corrected chi connectivity index (χ2v) is 10.9. The van der Waals surface area contributed by atoms with Crippen molar-refractivity contribution in [3.8, 4) is 16.9 Å². The van der Waals surface area contributed by atoms with Crippen molar-refractivity contribution in [2.24, 2.45) is 7.05 Å². The summed E-state index contributed by atoms with van der Waals surface area (Å²) in [5.74, 6) is 0.524. The molecule has 228 valence electrons. The van der Waals surface area contributed by atoms with Crippen LogP contribution >= 0.6 is 0 Å². The first-order valence-corrected chi connectivity index (χ1v) is 15.2. The summed E-state index contributed by atoms with van der Waals surface area (Å²) in [7, 11) is 1.94. The van der Waals surface area contributed by atoms with Crippen molar-refractivity contribution in [2.75, 3.05) is 19.8 Å². The van der Waals surface area contributed by atoms with Gasteiger partial charge >= 0.3 is 5.97 Å². The van der Waals surface area contributed by atoms with Crippen LogP contribution in [-0.4, -0.2) is 40.1 Å². The molecule has 44 heavy (non-hydrogen) atoms. The lowest BCUT2D eigenvalue weighted by molar-refractivity contribution is 0.0513. The summed E-state index contributed by atoms with van der Waals surface area (Å²) in [5.41, 5.74) is 7.49. The van der Waals surface area contributed by atoms with Gasteiger partial charge in [-0.1, -0.05) is 60.7 Å². The summed E-state index contributed by atoms with van der Waals surface area (Å²) in [6.45, 7) is 15.8. The third-order valence-corrected chi connectivity index (χ3v) is 7.96. The van der Waals surface area contributed by atoms with Gasteiger partial charge in [-0.3, -0.25) is 4.68 Å². The van der Waals surface area contributed by atoms with Crippen LogP contribution in [0.4, 0.5) is 0 Å². The van der Waals surface area contributed by atoms with E-state index in [1.807, 2.05) is 55.9 Å². The van der Waals surface area contributed by atoms with Gasteiger partial charge in [-0.15, -0.1) is 13.2 Å². The Morgan fingerprint density at radius 2 is 1.77 bits per heavy atom. The van der Waals surface area contributed by atoms with Crippen molar-refractivity contribution in [1.29, 1.82) is 0 Å². The van der Waals surface area contributed by atoms with Gasteiger partial charge in [-0.2, -0.15) is 5.10 Å². The molecule has 3 aromatic carbocycles. The van der Waals surface area contributed by atoms with Crippen LogP contribution in [0.1, 0.15) is 46.3 Å². The first kappa shape index (κ1) is 30.8. The molecule has 5 aromatic rings. The Hall–Kier alpha value is -4.62. The molecule has 0 amide bonds. The van der Waals surface area contributed by atoms with Crippen molar-refractivity contribution in [3.63, 3.8) is 0 Å². The van der Waals surface area contributed by atoms with Crippen LogP contribution in [-0.2, 0) is 36.1 Å². The standard InChI is InChI=1S/C37H41N3O4/c1-7-21-40-35-30(20-19-25(4)33(35)34-26(5)38-39(6)31(34)24-42-22-8-2)29(36(40)37(41)43-9-3)17-13-23-44-32-18-12-15-27-14-10-11-16-28(27)32/h7-8,10-12,14-16,18-20H,1-2,9,13,17,21-24H2,3-6H3. The van der Waals surface area contributed by atoms with Crippen LogP contribution in [0, 0.1) is 13.8 Å². The van der Waals surface area contributed by atoms with Crippen molar-refractivity contribution in [3.05, 3.63) is 108 Å². The third-order valence-electron chi connectivity index (χ3n) is 7.96. The minimum atomic E-state index is -0.337. The molecule has 0 radical (unpaired) electrons. The number of fused-ring (bicyclic) bond motifs is 2. The lowest BCUT2D eigenvalue weighted by Gasteiger charge is -2.15. The van der Waals surface area contributed by atoms with E-state index in [-0.39, 0.29) is 12.6 Å². The Labute approximate surface area is 259 Å². The number of carbonyl (C=O) groups is 1. The van der Waals surface area contributed by atoms with Crippen molar-refractivity contribution >= 4 is 27.6 Å². The highest BCUT2D eigenvalue weighted by Crippen LogP contribution is 2.40. The van der Waals surface area contributed by atoms with Crippen molar-refractivity contribution in [1.82, 2.24) is 14.3 Å². The van der Waals surface area contributed by atoms with Crippen LogP contribution in [0.2, 0.25) is 0 Å². The lowest BCUT2D eigenvalue weighted by Crippen LogP contribution is -2.14. The van der Waals surface area contributed by atoms with Gasteiger partial charge < -0.3 is 18.8 Å². The highest BCUT2D eigenvalue weighted by Gasteiger charge is 2.28. The second kappa shape index (κ2) is 13.8. The average molecular weight is 592 g/mol. The molecule has 0 bridgehead atoms. The van der Waals surface area contributed by atoms with E-state index >= 15 is 0 Å². The summed E-state index contributed by atoms with van der Waals surface area (Å²) in [6, 6.07) is 18.6. The van der Waals surface area contributed by atoms with Gasteiger partial charge in [0.15, 0.2) is 0 Å². The molecule has 2 heterocycles. The molecule has 0 atom stereocenters. The fraction of sp³-hybridized carbons (Fsp3) is 0.297. The zero-order valence-electron chi connectivity index (χ0n) is 26.2. The topological polar surface area (TPSA) is 67.5 Å². The Bertz CT molecular complexity index is 1820. The van der Waals surface area contributed by atoms with E-state index in [2.05, 4.69) is 55.0 Å². The fourth-order valence-electron chi connectivity index (χ4n) is 6.12. The Morgan fingerprint density at radius 1 is 0.977 bits per heavy atom. The van der Waals surface area contributed by atoms with Gasteiger partial charge in [0.1, 0.15) is 11.4 Å². The van der Waals surface area contributed by atoms with Gasteiger partial charge in [0.05, 0.1) is 43.3 Å². The highest BCUT2D eigenvalue weighted by atomic mass is 16.5. The number of ether oxygens (including phenoxy) is 3. The summed E-state index contributed by atoms with van der Waals surface area (Å²) in [6.07, 6.45) is 4.93. The van der Waals surface area contributed by atoms with E-state index in [0.717, 1.165) is 67.5 Å². The maximum absolute atomic E-state index is 13.6. The molecule has 2 aromatic heterocycles. The number of hydrogen-bond donors (Lipinski definition) is 0. The number of hydrogen-bond acceptors (Lipinski definition) is 5. The molecule has 0 fully saturated rings. The number of esters is 1. The summed E-state index contributed by atoms with van der Waals surface area (Å²) >= 11 is 0. The first-order valence-electron chi connectivity index (χ1n) is 15.2. The average Bonchev–Trinajstić information content (AvgIpc) is 3.48. The zero-order valence-corrected chi connectivity index (χ0v) is 26.2. The minimum absolute atomic E-state index is 0.288. The SMILES string of the molecule is C=CCOCc1c(-c2c(C)ccc3c(CCCOc4cccc5ccccc45)c(C(=O)OCC)n(CC=C)c23)c(C)nn1C. The maximum atomic E-state index is 13.6. The number of allylic oxidation sites excluding steroid dienone is 1. The first-order chi connectivity index (χ1) is 21.4. The van der Waals surface area contributed by atoms with E-state index in [9.17, 15) is 4.79 Å². The van der Waals surface area contributed by atoms with Crippen molar-refractivity contribution < 1.29 is 19.0 Å². The summed E-state index contributed by atoms with van der Waals surface area (Å²) in [5, 5.41) is 8.01. The largest absolute Gasteiger partial charge is 0.493 e. The van der Waals surface area contributed by atoms with E-state index in [0.29, 0.717) is 38.5 Å². The monoisotopic (exact) mass is 591 g/mol. The third kappa shape index (κ3) is 5.92. The Morgan fingerprint density at radius 3 is 2.55 bits per heavy atom. The number of aryl methyl sites for hydroxylation is 4. The molecule has 5 rings (SSSR count). The minimum Gasteiger partial charge on any atom is -0.493 e. The van der Waals surface area contributed by atoms with Gasteiger partial charge in [0.25, 0.3) is 0 Å². The molecule has 0 saturated carbocycles. The van der Waals surface area contributed by atoms with Gasteiger partial charge in [-0.25, -0.2) is 4.79 Å². The lowest BCUT2D eigenvalue weighted by atomic mass is 9.94. The zero-order chi connectivity index (χ0) is 31.2. The smallest absolute Gasteiger partial charge is 0.355 e. The van der Waals surface area contributed by atoms with E-state index in [4.69, 9.17) is 19.3 Å². The number of nitrogens with zero attached hydrogens (tertiary/aromatic N) is 3. The van der Waals surface area contributed by atoms with E-state index in [1.54, 1.807) is 6.08 Å². The predicted octanol–water partition coefficient (Wildman–Crippen LogP) is 7.89. The Balaban J connectivity index is 1.60. The highest BCUT2D eigenvalue weighted by molar-refractivity contribution is 6.05. The fourth-order valence-corrected chi connectivity index (χ4v) is 6.12. The second-order valence-electron chi connectivity index (χ2n) is 10.9. The van der Waals surface area contributed by atoms with Crippen LogP contribution in [0.3, 0.4) is 0 Å². The number of aromatic nitrogens is 3. The molecule has 7 nitrogen and oxygen atoms in total. The predicted molar refractivity (Wildman–Crippen MR) is 177 cm³/mol. The number of benzene rings is 3. The summed E-state index contributed by atoms with van der Waals surface area (Å²) in [4.78, 5) is 13.6. The van der Waals surface area contributed by atoms with Gasteiger partial charge in [-0.05, 0) is 56.2 Å². The van der Waals surface area contributed by atoms with Crippen LogP contribution in [0.15, 0.2) is 79.9 Å². The van der Waals surface area contributed by atoms with Crippen molar-refractivity contribution in [2.45, 2.75) is 46.8 Å². The molecule has 0 aliphatic rings. The molecule has 7 heteroatoms. The van der Waals surface area contributed by atoms with Crippen LogP contribution < -0.4 is 4.74 Å². The van der Waals surface area contributed by atoms with E-state index < -0.39 is 0 Å². The van der Waals surface area contributed by atoms with E-state index in [1.165, 1.54) is 0 Å². The number of carbonyl (C=O) groups excluding carboxylic acids is 1. The Kier molecular flexibility index (Phi) is 9.65. The maximum Gasteiger partial charge on any atom is 0.355 e. The normalized spacial score (nSPS) is 11.3. The molecule has 0 aliphatic heterocycles. The molecule has 0 spiro atoms. The molecular weight excluding hydrogens is 550 g/mol. The summed E-state index contributed by atoms with van der Waals surface area (Å²) < 4.78 is 21.7. The molecule has 0 saturated heterocycles. The number of rotatable bonds is 14.